The summed E-state index contributed by atoms with van der Waals surface area (Å²) in [7, 11) is 0. The minimum Gasteiger partial charge on any atom is -0.462 e. The quantitative estimate of drug-likeness (QED) is 0.167. The predicted octanol–water partition coefficient (Wildman–Crippen LogP) is 5.76. The van der Waals surface area contributed by atoms with E-state index in [0.29, 0.717) is 6.42 Å². The van der Waals surface area contributed by atoms with Crippen LogP contribution in [0.1, 0.15) is 97.3 Å². The molecule has 2 N–H and O–H groups in total. The van der Waals surface area contributed by atoms with Crippen molar-refractivity contribution in [2.24, 2.45) is 29.1 Å². The number of rotatable bonds is 15. The zero-order valence-corrected chi connectivity index (χ0v) is 22.8. The number of esters is 2. The van der Waals surface area contributed by atoms with Crippen molar-refractivity contribution in [3.05, 3.63) is 24.3 Å². The maximum atomic E-state index is 12.2. The Hall–Kier alpha value is -1.66. The van der Waals surface area contributed by atoms with E-state index in [1.165, 1.54) is 51.4 Å². The van der Waals surface area contributed by atoms with Gasteiger partial charge in [-0.1, -0.05) is 65.5 Å². The molecule has 36 heavy (non-hydrogen) atoms. The summed E-state index contributed by atoms with van der Waals surface area (Å²) in [5, 5.41) is 18.5. The average Bonchev–Trinajstić information content (AvgIpc) is 2.92. The number of hydrogen-bond acceptors (Lipinski definition) is 6. The van der Waals surface area contributed by atoms with Crippen LogP contribution < -0.4 is 0 Å². The Bertz CT molecular complexity index is 681. The van der Waals surface area contributed by atoms with Crippen LogP contribution in [0.5, 0.6) is 0 Å². The molecule has 2 fully saturated rings. The van der Waals surface area contributed by atoms with Crippen LogP contribution in [0.15, 0.2) is 24.3 Å². The lowest BCUT2D eigenvalue weighted by atomic mass is 9.62. The fourth-order valence-corrected chi connectivity index (χ4v) is 6.36. The van der Waals surface area contributed by atoms with E-state index in [9.17, 15) is 19.8 Å². The predicted molar refractivity (Wildman–Crippen MR) is 142 cm³/mol. The summed E-state index contributed by atoms with van der Waals surface area (Å²) in [6.07, 6.45) is 15.9. The molecule has 0 bridgehead atoms. The Morgan fingerprint density at radius 1 is 0.778 bits per heavy atom. The fourth-order valence-electron chi connectivity index (χ4n) is 6.36. The van der Waals surface area contributed by atoms with Crippen molar-refractivity contribution in [2.45, 2.75) is 97.3 Å². The number of ether oxygens (including phenoxy) is 2. The number of unbranched alkanes of at least 4 members (excludes halogenated alkanes) is 2. The molecule has 0 saturated heterocycles. The largest absolute Gasteiger partial charge is 0.462 e. The van der Waals surface area contributed by atoms with E-state index in [1.54, 1.807) is 0 Å². The van der Waals surface area contributed by atoms with Crippen LogP contribution in [-0.2, 0) is 19.1 Å². The van der Waals surface area contributed by atoms with Gasteiger partial charge in [0.1, 0.15) is 13.2 Å². The normalized spacial score (nSPS) is 24.7. The second-order valence-electron chi connectivity index (χ2n) is 11.3. The van der Waals surface area contributed by atoms with Crippen molar-refractivity contribution >= 4 is 11.9 Å². The van der Waals surface area contributed by atoms with Gasteiger partial charge in [-0.2, -0.15) is 0 Å². The van der Waals surface area contributed by atoms with Gasteiger partial charge in [0, 0.05) is 5.41 Å². The van der Waals surface area contributed by atoms with E-state index in [0.717, 1.165) is 43.4 Å². The van der Waals surface area contributed by atoms with Crippen LogP contribution in [0, 0.1) is 29.1 Å². The molecule has 0 aromatic carbocycles. The van der Waals surface area contributed by atoms with Gasteiger partial charge >= 0.3 is 11.9 Å². The molecular formula is C30H50O6. The van der Waals surface area contributed by atoms with E-state index in [1.807, 2.05) is 6.92 Å². The molecule has 0 aromatic rings. The van der Waals surface area contributed by atoms with Gasteiger partial charge in [0.25, 0.3) is 0 Å². The third-order valence-electron chi connectivity index (χ3n) is 9.06. The van der Waals surface area contributed by atoms with Gasteiger partial charge in [-0.05, 0) is 68.6 Å². The van der Waals surface area contributed by atoms with Crippen LogP contribution in [0.3, 0.4) is 0 Å². The van der Waals surface area contributed by atoms with Crippen molar-refractivity contribution in [1.82, 2.24) is 0 Å². The Morgan fingerprint density at radius 3 is 1.67 bits per heavy atom. The second kappa shape index (κ2) is 15.6. The minimum absolute atomic E-state index is 0.0136. The van der Waals surface area contributed by atoms with Crippen molar-refractivity contribution in [3.63, 3.8) is 0 Å². The van der Waals surface area contributed by atoms with Gasteiger partial charge in [-0.25, -0.2) is 9.59 Å². The summed E-state index contributed by atoms with van der Waals surface area (Å²) in [5.41, 5.74) is -0.488. The molecule has 0 spiro atoms. The molecule has 2 saturated carbocycles. The SMILES string of the molecule is C=C(CO)C(=O)OCC(CC)(COC(=O)C(=C)CO)C1CCC(C2CCC(CCCCC)CC2)CC1. The van der Waals surface area contributed by atoms with Crippen molar-refractivity contribution < 1.29 is 29.3 Å². The van der Waals surface area contributed by atoms with E-state index in [2.05, 4.69) is 20.1 Å². The number of aliphatic hydroxyl groups is 2. The van der Waals surface area contributed by atoms with Crippen LogP contribution in [-0.4, -0.2) is 48.6 Å². The Morgan fingerprint density at radius 2 is 1.25 bits per heavy atom. The molecule has 2 aliphatic carbocycles. The molecule has 0 unspecified atom stereocenters. The summed E-state index contributed by atoms with van der Waals surface area (Å²) in [5.74, 6) is 1.51. The summed E-state index contributed by atoms with van der Waals surface area (Å²) >= 11 is 0. The van der Waals surface area contributed by atoms with Crippen LogP contribution in [0.4, 0.5) is 0 Å². The third kappa shape index (κ3) is 8.72. The van der Waals surface area contributed by atoms with E-state index >= 15 is 0 Å². The number of carbonyl (C=O) groups excluding carboxylic acids is 2. The van der Waals surface area contributed by atoms with E-state index in [-0.39, 0.29) is 30.3 Å². The van der Waals surface area contributed by atoms with Crippen LogP contribution in [0.25, 0.3) is 0 Å². The van der Waals surface area contributed by atoms with Crippen molar-refractivity contribution in [2.75, 3.05) is 26.4 Å². The zero-order chi connectivity index (χ0) is 26.6. The smallest absolute Gasteiger partial charge is 0.335 e. The fraction of sp³-hybridized carbons (Fsp3) is 0.800. The second-order valence-corrected chi connectivity index (χ2v) is 11.3. The highest BCUT2D eigenvalue weighted by Crippen LogP contribution is 2.48. The van der Waals surface area contributed by atoms with Crippen molar-refractivity contribution in [3.8, 4) is 0 Å². The standard InChI is InChI=1S/C30H50O6/c1-5-7-8-9-24-10-12-25(13-11-24)26-14-16-27(17-15-26)30(6-2,20-35-28(33)22(3)18-31)21-36-29(34)23(4)19-32/h24-27,31-32H,3-21H2,1-2H3. The molecule has 0 aromatic heterocycles. The first-order valence-corrected chi connectivity index (χ1v) is 14.2. The number of aliphatic hydroxyl groups excluding tert-OH is 2. The lowest BCUT2D eigenvalue weighted by Gasteiger charge is -2.45. The van der Waals surface area contributed by atoms with E-state index in [4.69, 9.17) is 9.47 Å². The summed E-state index contributed by atoms with van der Waals surface area (Å²) < 4.78 is 11.1. The molecule has 0 amide bonds. The van der Waals surface area contributed by atoms with E-state index < -0.39 is 30.6 Å². The number of carbonyl (C=O) groups is 2. The Balaban J connectivity index is 1.98. The molecule has 0 heterocycles. The van der Waals surface area contributed by atoms with Gasteiger partial charge in [0.15, 0.2) is 0 Å². The average molecular weight is 507 g/mol. The summed E-state index contributed by atoms with van der Waals surface area (Å²) in [4.78, 5) is 24.5. The molecule has 2 rings (SSSR count). The maximum Gasteiger partial charge on any atom is 0.335 e. The summed E-state index contributed by atoms with van der Waals surface area (Å²) in [6.45, 7) is 10.7. The molecule has 0 radical (unpaired) electrons. The maximum absolute atomic E-state index is 12.2. The van der Waals surface area contributed by atoms with Gasteiger partial charge in [0.05, 0.1) is 24.4 Å². The monoisotopic (exact) mass is 506 g/mol. The number of hydrogen-bond donors (Lipinski definition) is 2. The highest BCUT2D eigenvalue weighted by molar-refractivity contribution is 5.88. The third-order valence-corrected chi connectivity index (χ3v) is 9.06. The molecule has 6 nitrogen and oxygen atoms in total. The molecule has 6 heteroatoms. The molecule has 2 aliphatic rings. The topological polar surface area (TPSA) is 93.1 Å². The summed E-state index contributed by atoms with van der Waals surface area (Å²) in [6, 6.07) is 0. The zero-order valence-electron chi connectivity index (χ0n) is 22.8. The van der Waals surface area contributed by atoms with Crippen LogP contribution >= 0.6 is 0 Å². The van der Waals surface area contributed by atoms with Gasteiger partial charge < -0.3 is 19.7 Å². The lowest BCUT2D eigenvalue weighted by Crippen LogP contribution is -2.43. The molecule has 206 valence electrons. The molecular weight excluding hydrogens is 456 g/mol. The highest BCUT2D eigenvalue weighted by Gasteiger charge is 2.43. The Labute approximate surface area is 218 Å². The minimum atomic E-state index is -0.620. The Kier molecular flexibility index (Phi) is 13.2. The first kappa shape index (κ1) is 30.6. The first-order chi connectivity index (χ1) is 17.3. The van der Waals surface area contributed by atoms with Gasteiger partial charge in [-0.15, -0.1) is 0 Å². The van der Waals surface area contributed by atoms with Gasteiger partial charge in [0.2, 0.25) is 0 Å². The first-order valence-electron chi connectivity index (χ1n) is 14.2. The molecule has 0 aliphatic heterocycles. The van der Waals surface area contributed by atoms with Crippen LogP contribution in [0.2, 0.25) is 0 Å². The highest BCUT2D eigenvalue weighted by atomic mass is 16.5. The van der Waals surface area contributed by atoms with Gasteiger partial charge in [-0.3, -0.25) is 0 Å². The lowest BCUT2D eigenvalue weighted by molar-refractivity contribution is -0.154. The van der Waals surface area contributed by atoms with Crippen molar-refractivity contribution in [1.29, 1.82) is 0 Å². The molecule has 0 atom stereocenters.